The second kappa shape index (κ2) is 5.37. The van der Waals surface area contributed by atoms with Crippen LogP contribution in [0.5, 0.6) is 0 Å². The highest BCUT2D eigenvalue weighted by molar-refractivity contribution is 5.92. The third kappa shape index (κ3) is 2.15. The number of nitrogens with zero attached hydrogens (tertiary/aromatic N) is 1. The van der Waals surface area contributed by atoms with Gasteiger partial charge in [0.25, 0.3) is 0 Å². The smallest absolute Gasteiger partial charge is 0.415 e. The molecule has 1 amide bonds. The van der Waals surface area contributed by atoms with E-state index in [1.807, 2.05) is 24.3 Å². The lowest BCUT2D eigenvalue weighted by molar-refractivity contribution is -0.142. The summed E-state index contributed by atoms with van der Waals surface area (Å²) >= 11 is 0. The molecular formula is C15H18N2O4. The van der Waals surface area contributed by atoms with Gasteiger partial charge in [0.1, 0.15) is 6.04 Å². The fourth-order valence-corrected chi connectivity index (χ4v) is 3.21. The molecule has 112 valence electrons. The van der Waals surface area contributed by atoms with Gasteiger partial charge in [-0.05, 0) is 25.0 Å². The first-order valence-corrected chi connectivity index (χ1v) is 7.06. The first-order valence-electron chi connectivity index (χ1n) is 7.06. The molecule has 3 atom stereocenters. The summed E-state index contributed by atoms with van der Waals surface area (Å²) in [4.78, 5) is 25.6. The van der Waals surface area contributed by atoms with Crippen LogP contribution >= 0.6 is 0 Å². The van der Waals surface area contributed by atoms with Crippen LogP contribution in [0.4, 0.5) is 10.5 Å². The van der Waals surface area contributed by atoms with Crippen molar-refractivity contribution in [3.63, 3.8) is 0 Å². The van der Waals surface area contributed by atoms with E-state index in [2.05, 4.69) is 5.32 Å². The van der Waals surface area contributed by atoms with Crippen LogP contribution in [0.3, 0.4) is 0 Å². The average Bonchev–Trinajstić information content (AvgIpc) is 3.03. The lowest BCUT2D eigenvalue weighted by Gasteiger charge is -2.24. The van der Waals surface area contributed by atoms with Crippen molar-refractivity contribution >= 4 is 17.7 Å². The van der Waals surface area contributed by atoms with Crippen LogP contribution in [0.2, 0.25) is 0 Å². The molecule has 0 bridgehead atoms. The highest BCUT2D eigenvalue weighted by atomic mass is 16.6. The van der Waals surface area contributed by atoms with Gasteiger partial charge >= 0.3 is 12.1 Å². The molecule has 1 saturated heterocycles. The van der Waals surface area contributed by atoms with E-state index < -0.39 is 12.1 Å². The Hall–Kier alpha value is -2.08. The SMILES string of the molecule is CCOC(=O)N1c2ccccc2[C@H]2C[C@@H](C(=O)OC)N[C@H]21. The summed E-state index contributed by atoms with van der Waals surface area (Å²) in [7, 11) is 1.37. The quantitative estimate of drug-likeness (QED) is 0.838. The van der Waals surface area contributed by atoms with E-state index in [1.54, 1.807) is 11.8 Å². The van der Waals surface area contributed by atoms with Gasteiger partial charge in [0.05, 0.1) is 25.6 Å². The van der Waals surface area contributed by atoms with E-state index in [1.165, 1.54) is 7.11 Å². The number of fused-ring (bicyclic) bond motifs is 3. The Morgan fingerprint density at radius 1 is 1.38 bits per heavy atom. The number of nitrogens with one attached hydrogen (secondary N) is 1. The van der Waals surface area contributed by atoms with E-state index >= 15 is 0 Å². The molecule has 2 aliphatic rings. The molecule has 1 aromatic rings. The largest absolute Gasteiger partial charge is 0.468 e. The van der Waals surface area contributed by atoms with E-state index in [-0.39, 0.29) is 18.1 Å². The molecule has 21 heavy (non-hydrogen) atoms. The van der Waals surface area contributed by atoms with Gasteiger partial charge in [-0.15, -0.1) is 0 Å². The van der Waals surface area contributed by atoms with E-state index in [4.69, 9.17) is 9.47 Å². The Kier molecular flexibility index (Phi) is 3.55. The van der Waals surface area contributed by atoms with Crippen molar-refractivity contribution in [1.82, 2.24) is 5.32 Å². The normalized spacial score (nSPS) is 26.2. The first kappa shape index (κ1) is 13.9. The van der Waals surface area contributed by atoms with Crippen molar-refractivity contribution in [1.29, 1.82) is 0 Å². The molecule has 0 spiro atoms. The van der Waals surface area contributed by atoms with E-state index in [0.29, 0.717) is 13.0 Å². The molecule has 0 aliphatic carbocycles. The number of ether oxygens (including phenoxy) is 2. The zero-order chi connectivity index (χ0) is 15.0. The van der Waals surface area contributed by atoms with Gasteiger partial charge in [0.15, 0.2) is 0 Å². The Bertz CT molecular complexity index is 575. The minimum atomic E-state index is -0.393. The standard InChI is InChI=1S/C15H18N2O4/c1-3-21-15(19)17-12-7-5-4-6-9(12)10-8-11(14(18)20-2)16-13(10)17/h4-7,10-11,13,16H,3,8H2,1-2H3/t10-,11+,13+/m1/s1. The fraction of sp³-hybridized carbons (Fsp3) is 0.467. The number of para-hydroxylation sites is 1. The molecule has 1 N–H and O–H groups in total. The molecule has 0 unspecified atom stereocenters. The number of amides is 1. The lowest BCUT2D eigenvalue weighted by atomic mass is 9.96. The van der Waals surface area contributed by atoms with Gasteiger partial charge in [0, 0.05) is 5.92 Å². The Labute approximate surface area is 123 Å². The summed E-state index contributed by atoms with van der Waals surface area (Å²) in [6.45, 7) is 2.09. The van der Waals surface area contributed by atoms with Gasteiger partial charge in [-0.1, -0.05) is 18.2 Å². The van der Waals surface area contributed by atoms with Crippen LogP contribution in [0, 0.1) is 0 Å². The molecule has 3 rings (SSSR count). The Morgan fingerprint density at radius 2 is 2.14 bits per heavy atom. The van der Waals surface area contributed by atoms with Crippen molar-refractivity contribution in [2.45, 2.75) is 31.5 Å². The summed E-state index contributed by atoms with van der Waals surface area (Å²) in [5, 5.41) is 3.19. The molecule has 2 aliphatic heterocycles. The molecular weight excluding hydrogens is 272 g/mol. The highest BCUT2D eigenvalue weighted by Crippen LogP contribution is 2.45. The van der Waals surface area contributed by atoms with Crippen LogP contribution in [0.15, 0.2) is 24.3 Å². The number of methoxy groups -OCH3 is 1. The maximum atomic E-state index is 12.2. The second-order valence-electron chi connectivity index (χ2n) is 5.16. The fourth-order valence-electron chi connectivity index (χ4n) is 3.21. The topological polar surface area (TPSA) is 67.9 Å². The zero-order valence-corrected chi connectivity index (χ0v) is 12.0. The molecule has 6 heteroatoms. The predicted octanol–water partition coefficient (Wildman–Crippen LogP) is 1.61. The van der Waals surface area contributed by atoms with Crippen molar-refractivity contribution in [3.05, 3.63) is 29.8 Å². The van der Waals surface area contributed by atoms with Gasteiger partial charge < -0.3 is 9.47 Å². The number of esters is 1. The Morgan fingerprint density at radius 3 is 2.86 bits per heavy atom. The highest BCUT2D eigenvalue weighted by Gasteiger charge is 2.49. The minimum Gasteiger partial charge on any atom is -0.468 e. The lowest BCUT2D eigenvalue weighted by Crippen LogP contribution is -2.48. The van der Waals surface area contributed by atoms with Crippen molar-refractivity contribution in [2.24, 2.45) is 0 Å². The number of hydrogen-bond acceptors (Lipinski definition) is 5. The summed E-state index contributed by atoms with van der Waals surface area (Å²) in [5.41, 5.74) is 1.91. The molecule has 0 aromatic heterocycles. The van der Waals surface area contributed by atoms with Crippen molar-refractivity contribution < 1.29 is 19.1 Å². The monoisotopic (exact) mass is 290 g/mol. The first-order chi connectivity index (χ1) is 10.2. The third-order valence-corrected chi connectivity index (χ3v) is 4.07. The van der Waals surface area contributed by atoms with Crippen LogP contribution in [-0.2, 0) is 14.3 Å². The van der Waals surface area contributed by atoms with E-state index in [9.17, 15) is 9.59 Å². The van der Waals surface area contributed by atoms with Gasteiger partial charge in [-0.2, -0.15) is 0 Å². The third-order valence-electron chi connectivity index (χ3n) is 4.07. The summed E-state index contributed by atoms with van der Waals surface area (Å²) < 4.78 is 9.94. The minimum absolute atomic E-state index is 0.0784. The predicted molar refractivity (Wildman–Crippen MR) is 76.0 cm³/mol. The average molecular weight is 290 g/mol. The van der Waals surface area contributed by atoms with E-state index in [0.717, 1.165) is 11.3 Å². The van der Waals surface area contributed by atoms with Gasteiger partial charge in [0.2, 0.25) is 0 Å². The molecule has 6 nitrogen and oxygen atoms in total. The second-order valence-corrected chi connectivity index (χ2v) is 5.16. The maximum Gasteiger partial charge on any atom is 0.415 e. The summed E-state index contributed by atoms with van der Waals surface area (Å²) in [5.74, 6) is -0.222. The van der Waals surface area contributed by atoms with Crippen LogP contribution in [0.1, 0.15) is 24.8 Å². The van der Waals surface area contributed by atoms with Gasteiger partial charge in [-0.25, -0.2) is 4.79 Å². The van der Waals surface area contributed by atoms with Crippen LogP contribution < -0.4 is 10.2 Å². The van der Waals surface area contributed by atoms with Crippen LogP contribution in [0.25, 0.3) is 0 Å². The van der Waals surface area contributed by atoms with Crippen molar-refractivity contribution in [3.8, 4) is 0 Å². The van der Waals surface area contributed by atoms with Crippen molar-refractivity contribution in [2.75, 3.05) is 18.6 Å². The van der Waals surface area contributed by atoms with Gasteiger partial charge in [-0.3, -0.25) is 15.0 Å². The number of rotatable bonds is 2. The summed E-state index contributed by atoms with van der Waals surface area (Å²) in [6, 6.07) is 7.34. The number of carbonyl (C=O) groups excluding carboxylic acids is 2. The Balaban J connectivity index is 1.93. The molecule has 1 aromatic carbocycles. The molecule has 1 fully saturated rings. The molecule has 2 heterocycles. The number of benzene rings is 1. The zero-order valence-electron chi connectivity index (χ0n) is 12.0. The van der Waals surface area contributed by atoms with Crippen LogP contribution in [-0.4, -0.2) is 38.0 Å². The molecule has 0 saturated carbocycles. The summed E-state index contributed by atoms with van der Waals surface area (Å²) in [6.07, 6.45) is -0.0365. The number of anilines is 1. The molecule has 0 radical (unpaired) electrons. The number of carbonyl (C=O) groups is 2. The number of hydrogen-bond donors (Lipinski definition) is 1. The maximum absolute atomic E-state index is 12.2.